The zero-order valence-corrected chi connectivity index (χ0v) is 11.0. The topological polar surface area (TPSA) is 18.5 Å². The number of para-hydroxylation sites is 1. The van der Waals surface area contributed by atoms with Crippen LogP contribution < -0.4 is 9.47 Å². The van der Waals surface area contributed by atoms with Crippen LogP contribution in [-0.2, 0) is 0 Å². The number of halogens is 2. The predicted molar refractivity (Wildman–Crippen MR) is 69.6 cm³/mol. The summed E-state index contributed by atoms with van der Waals surface area (Å²) in [7, 11) is 2.96. The van der Waals surface area contributed by atoms with E-state index < -0.39 is 11.6 Å². The Bertz CT molecular complexity index is 609. The van der Waals surface area contributed by atoms with Gasteiger partial charge in [0.05, 0.1) is 14.2 Å². The minimum Gasteiger partial charge on any atom is -0.493 e. The Labute approximate surface area is 110 Å². The lowest BCUT2D eigenvalue weighted by Crippen LogP contribution is -1.96. The van der Waals surface area contributed by atoms with Gasteiger partial charge in [0, 0.05) is 11.1 Å². The van der Waals surface area contributed by atoms with Crippen molar-refractivity contribution in [1.82, 2.24) is 0 Å². The van der Waals surface area contributed by atoms with E-state index >= 15 is 0 Å². The van der Waals surface area contributed by atoms with Crippen LogP contribution >= 0.6 is 0 Å². The van der Waals surface area contributed by atoms with Crippen molar-refractivity contribution in [2.45, 2.75) is 6.92 Å². The van der Waals surface area contributed by atoms with Gasteiger partial charge >= 0.3 is 0 Å². The molecule has 0 radical (unpaired) electrons. The Hall–Kier alpha value is -2.10. The first kappa shape index (κ1) is 13.3. The maximum absolute atomic E-state index is 14.0. The molecule has 0 aliphatic rings. The minimum absolute atomic E-state index is 0.152. The zero-order valence-electron chi connectivity index (χ0n) is 11.0. The number of methoxy groups -OCH3 is 2. The fraction of sp³-hybridized carbons (Fsp3) is 0.200. The highest BCUT2D eigenvalue weighted by molar-refractivity contribution is 5.74. The number of ether oxygens (including phenoxy) is 2. The Kier molecular flexibility index (Phi) is 3.69. The summed E-state index contributed by atoms with van der Waals surface area (Å²) in [4.78, 5) is 0. The third-order valence-electron chi connectivity index (χ3n) is 2.94. The second kappa shape index (κ2) is 5.26. The van der Waals surface area contributed by atoms with Gasteiger partial charge in [-0.3, -0.25) is 0 Å². The quantitative estimate of drug-likeness (QED) is 0.835. The van der Waals surface area contributed by atoms with Gasteiger partial charge < -0.3 is 9.47 Å². The van der Waals surface area contributed by atoms with E-state index in [1.807, 2.05) is 0 Å². The fourth-order valence-corrected chi connectivity index (χ4v) is 1.95. The van der Waals surface area contributed by atoms with Crippen molar-refractivity contribution in [3.8, 4) is 22.6 Å². The molecule has 19 heavy (non-hydrogen) atoms. The molecule has 0 amide bonds. The van der Waals surface area contributed by atoms with E-state index in [1.165, 1.54) is 33.3 Å². The molecule has 0 heterocycles. The number of aryl methyl sites for hydroxylation is 1. The second-order valence-electron chi connectivity index (χ2n) is 4.12. The lowest BCUT2D eigenvalue weighted by molar-refractivity contribution is 0.356. The molecule has 0 saturated carbocycles. The van der Waals surface area contributed by atoms with Gasteiger partial charge in [-0.1, -0.05) is 12.1 Å². The lowest BCUT2D eigenvalue weighted by Gasteiger charge is -2.13. The molecule has 0 fully saturated rings. The maximum atomic E-state index is 14.0. The van der Waals surface area contributed by atoms with Gasteiger partial charge in [-0.2, -0.15) is 0 Å². The van der Waals surface area contributed by atoms with Gasteiger partial charge in [0.15, 0.2) is 11.5 Å². The SMILES string of the molecule is COc1cccc(-c2cc(F)c(C)cc2F)c1OC. The lowest BCUT2D eigenvalue weighted by atomic mass is 10.0. The van der Waals surface area contributed by atoms with Crippen LogP contribution in [0.4, 0.5) is 8.78 Å². The summed E-state index contributed by atoms with van der Waals surface area (Å²) in [5, 5.41) is 0. The molecule has 0 saturated heterocycles. The van der Waals surface area contributed by atoms with Crippen molar-refractivity contribution in [3.05, 3.63) is 47.5 Å². The van der Waals surface area contributed by atoms with Crippen LogP contribution in [0.5, 0.6) is 11.5 Å². The summed E-state index contributed by atoms with van der Waals surface area (Å²) in [6.45, 7) is 1.52. The normalized spacial score (nSPS) is 10.4. The van der Waals surface area contributed by atoms with Crippen LogP contribution in [0.2, 0.25) is 0 Å². The van der Waals surface area contributed by atoms with Crippen molar-refractivity contribution < 1.29 is 18.3 Å². The third kappa shape index (κ3) is 2.38. The van der Waals surface area contributed by atoms with Gasteiger partial charge in [0.25, 0.3) is 0 Å². The van der Waals surface area contributed by atoms with Crippen molar-refractivity contribution >= 4 is 0 Å². The van der Waals surface area contributed by atoms with E-state index in [4.69, 9.17) is 9.47 Å². The molecule has 100 valence electrons. The molecular formula is C15H14F2O2. The second-order valence-corrected chi connectivity index (χ2v) is 4.12. The van der Waals surface area contributed by atoms with Gasteiger partial charge in [-0.15, -0.1) is 0 Å². The predicted octanol–water partition coefficient (Wildman–Crippen LogP) is 3.96. The summed E-state index contributed by atoms with van der Waals surface area (Å²) in [5.41, 5.74) is 0.875. The van der Waals surface area contributed by atoms with Gasteiger partial charge in [0.2, 0.25) is 0 Å². The number of benzene rings is 2. The number of hydrogen-bond acceptors (Lipinski definition) is 2. The number of hydrogen-bond donors (Lipinski definition) is 0. The monoisotopic (exact) mass is 264 g/mol. The first-order valence-electron chi connectivity index (χ1n) is 5.75. The molecule has 0 aliphatic carbocycles. The summed E-state index contributed by atoms with van der Waals surface area (Å²) in [5.74, 6) is -0.0979. The Morgan fingerprint density at radius 3 is 2.26 bits per heavy atom. The molecule has 4 heteroatoms. The third-order valence-corrected chi connectivity index (χ3v) is 2.94. The highest BCUT2D eigenvalue weighted by Crippen LogP contribution is 2.39. The molecule has 0 N–H and O–H groups in total. The van der Waals surface area contributed by atoms with Gasteiger partial charge in [-0.05, 0) is 30.7 Å². The highest BCUT2D eigenvalue weighted by atomic mass is 19.1. The van der Waals surface area contributed by atoms with E-state index in [0.29, 0.717) is 17.1 Å². The molecule has 0 unspecified atom stereocenters. The minimum atomic E-state index is -0.495. The average Bonchev–Trinajstić information content (AvgIpc) is 2.41. The molecule has 2 aromatic carbocycles. The van der Waals surface area contributed by atoms with Crippen LogP contribution in [-0.4, -0.2) is 14.2 Å². The average molecular weight is 264 g/mol. The smallest absolute Gasteiger partial charge is 0.168 e. The largest absolute Gasteiger partial charge is 0.493 e. The Balaban J connectivity index is 2.68. The zero-order chi connectivity index (χ0) is 14.0. The van der Waals surface area contributed by atoms with Crippen LogP contribution in [0.15, 0.2) is 30.3 Å². The van der Waals surface area contributed by atoms with E-state index in [2.05, 4.69) is 0 Å². The van der Waals surface area contributed by atoms with Crippen LogP contribution in [0.3, 0.4) is 0 Å². The summed E-state index contributed by atoms with van der Waals surface area (Å²) >= 11 is 0. The van der Waals surface area contributed by atoms with E-state index in [1.54, 1.807) is 18.2 Å². The fourth-order valence-electron chi connectivity index (χ4n) is 1.95. The van der Waals surface area contributed by atoms with Crippen molar-refractivity contribution in [1.29, 1.82) is 0 Å². The maximum Gasteiger partial charge on any atom is 0.168 e. The molecule has 0 aromatic heterocycles. The van der Waals surface area contributed by atoms with Gasteiger partial charge in [-0.25, -0.2) is 8.78 Å². The van der Waals surface area contributed by atoms with E-state index in [-0.39, 0.29) is 11.1 Å². The van der Waals surface area contributed by atoms with E-state index in [9.17, 15) is 8.78 Å². The summed E-state index contributed by atoms with van der Waals surface area (Å²) < 4.78 is 38.0. The molecule has 0 atom stereocenters. The molecule has 2 nitrogen and oxygen atoms in total. The van der Waals surface area contributed by atoms with E-state index in [0.717, 1.165) is 0 Å². The van der Waals surface area contributed by atoms with Crippen molar-refractivity contribution in [3.63, 3.8) is 0 Å². The van der Waals surface area contributed by atoms with Crippen LogP contribution in [0.1, 0.15) is 5.56 Å². The standard InChI is InChI=1S/C15H14F2O2/c1-9-7-13(17)11(8-12(9)16)10-5-4-6-14(18-2)15(10)19-3/h4-8H,1-3H3. The van der Waals surface area contributed by atoms with Gasteiger partial charge in [0.1, 0.15) is 11.6 Å². The summed E-state index contributed by atoms with van der Waals surface area (Å²) in [6.07, 6.45) is 0. The molecule has 0 bridgehead atoms. The van der Waals surface area contributed by atoms with Crippen LogP contribution in [0, 0.1) is 18.6 Å². The molecule has 2 aromatic rings. The first-order valence-corrected chi connectivity index (χ1v) is 5.75. The Morgan fingerprint density at radius 1 is 0.895 bits per heavy atom. The van der Waals surface area contributed by atoms with Crippen LogP contribution in [0.25, 0.3) is 11.1 Å². The first-order chi connectivity index (χ1) is 9.08. The van der Waals surface area contributed by atoms with Crippen molar-refractivity contribution in [2.24, 2.45) is 0 Å². The molecular weight excluding hydrogens is 250 g/mol. The molecule has 0 aliphatic heterocycles. The molecule has 2 rings (SSSR count). The van der Waals surface area contributed by atoms with Crippen molar-refractivity contribution in [2.75, 3.05) is 14.2 Å². The summed E-state index contributed by atoms with van der Waals surface area (Å²) in [6, 6.07) is 7.40. The highest BCUT2D eigenvalue weighted by Gasteiger charge is 2.16. The Morgan fingerprint density at radius 2 is 1.63 bits per heavy atom. The molecule has 0 spiro atoms. The number of rotatable bonds is 3.